The average molecular weight is 370 g/mol. The lowest BCUT2D eigenvalue weighted by Crippen LogP contribution is -2.46. The fraction of sp³-hybridized carbons (Fsp3) is 0.545. The lowest BCUT2D eigenvalue weighted by Gasteiger charge is -2.35. The molecule has 0 unspecified atom stereocenters. The number of carbonyl (C=O) groups is 2. The molecule has 5 nitrogen and oxygen atoms in total. The van der Waals surface area contributed by atoms with Crippen molar-refractivity contribution in [3.8, 4) is 0 Å². The third-order valence-electron chi connectivity index (χ3n) is 6.01. The minimum atomic E-state index is -0.149. The number of likely N-dealkylation sites (N-methyl/N-ethyl adjacent to an activating group) is 1. The predicted molar refractivity (Wildman–Crippen MR) is 108 cm³/mol. The normalized spacial score (nSPS) is 25.0. The minimum Gasteiger partial charge on any atom is -0.347 e. The smallest absolute Gasteiger partial charge is 0.241 e. The average Bonchev–Trinajstić information content (AvgIpc) is 3.10. The molecule has 0 bridgehead atoms. The molecule has 3 atom stereocenters. The minimum absolute atomic E-state index is 0.0475. The number of nitrogens with zero attached hydrogens (tertiary/aromatic N) is 2. The van der Waals surface area contributed by atoms with Crippen LogP contribution in [0.1, 0.15) is 31.7 Å². The fourth-order valence-corrected chi connectivity index (χ4v) is 4.42. The van der Waals surface area contributed by atoms with E-state index in [-0.39, 0.29) is 18.4 Å². The summed E-state index contributed by atoms with van der Waals surface area (Å²) in [7, 11) is 2.21. The summed E-state index contributed by atoms with van der Waals surface area (Å²) in [6, 6.07) is 11.0. The van der Waals surface area contributed by atoms with E-state index in [1.807, 2.05) is 11.0 Å². The molecule has 5 heteroatoms. The van der Waals surface area contributed by atoms with Gasteiger partial charge in [-0.1, -0.05) is 42.5 Å². The van der Waals surface area contributed by atoms with E-state index in [1.165, 1.54) is 18.9 Å². The number of nitrogens with one attached hydrogen (secondary N) is 1. The summed E-state index contributed by atoms with van der Waals surface area (Å²) in [5.74, 6) is 1.21. The van der Waals surface area contributed by atoms with Gasteiger partial charge >= 0.3 is 0 Å². The molecule has 0 spiro atoms. The quantitative estimate of drug-likeness (QED) is 0.838. The number of amides is 2. The Balaban J connectivity index is 1.47. The molecule has 1 saturated heterocycles. The van der Waals surface area contributed by atoms with Crippen molar-refractivity contribution in [1.29, 1.82) is 0 Å². The Bertz CT molecular complexity index is 673. The van der Waals surface area contributed by atoms with Crippen molar-refractivity contribution < 1.29 is 9.59 Å². The Labute approximate surface area is 162 Å². The summed E-state index contributed by atoms with van der Waals surface area (Å²) in [6.45, 7) is 4.19. The van der Waals surface area contributed by atoms with Crippen LogP contribution < -0.4 is 5.32 Å². The van der Waals surface area contributed by atoms with Gasteiger partial charge in [0.25, 0.3) is 0 Å². The van der Waals surface area contributed by atoms with Crippen LogP contribution in [-0.4, -0.2) is 60.9 Å². The maximum Gasteiger partial charge on any atom is 0.241 e. The first-order valence-electron chi connectivity index (χ1n) is 9.97. The lowest BCUT2D eigenvalue weighted by atomic mass is 9.89. The second-order valence-corrected chi connectivity index (χ2v) is 7.94. The number of fused-ring (bicyclic) bond motifs is 1. The molecule has 1 N–H and O–H groups in total. The van der Waals surface area contributed by atoms with Crippen molar-refractivity contribution in [1.82, 2.24) is 15.1 Å². The zero-order valence-corrected chi connectivity index (χ0v) is 16.4. The van der Waals surface area contributed by atoms with Crippen LogP contribution in [0.25, 0.3) is 6.08 Å². The first-order valence-corrected chi connectivity index (χ1v) is 9.97. The number of rotatable bonds is 6. The van der Waals surface area contributed by atoms with Crippen LogP contribution in [0.5, 0.6) is 0 Å². The molecule has 0 radical (unpaired) electrons. The van der Waals surface area contributed by atoms with E-state index in [1.54, 1.807) is 0 Å². The van der Waals surface area contributed by atoms with E-state index >= 15 is 0 Å². The van der Waals surface area contributed by atoms with Gasteiger partial charge in [0.2, 0.25) is 11.8 Å². The number of hydrogen-bond donors (Lipinski definition) is 1. The molecule has 1 saturated carbocycles. The van der Waals surface area contributed by atoms with E-state index in [9.17, 15) is 9.59 Å². The fourth-order valence-electron chi connectivity index (χ4n) is 4.42. The van der Waals surface area contributed by atoms with Crippen LogP contribution in [0.4, 0.5) is 0 Å². The molecular weight excluding hydrogens is 338 g/mol. The van der Waals surface area contributed by atoms with Crippen molar-refractivity contribution in [3.63, 3.8) is 0 Å². The number of piperidine rings is 1. The maximum absolute atomic E-state index is 12.3. The summed E-state index contributed by atoms with van der Waals surface area (Å²) < 4.78 is 0. The summed E-state index contributed by atoms with van der Waals surface area (Å²) in [5.41, 5.74) is 1.24. The van der Waals surface area contributed by atoms with Crippen LogP contribution in [0.3, 0.4) is 0 Å². The zero-order chi connectivity index (χ0) is 19.2. The molecule has 1 aromatic carbocycles. The van der Waals surface area contributed by atoms with Gasteiger partial charge in [-0.15, -0.1) is 0 Å². The molecule has 1 aromatic rings. The Hall–Kier alpha value is -2.14. The van der Waals surface area contributed by atoms with Crippen LogP contribution in [-0.2, 0) is 9.59 Å². The van der Waals surface area contributed by atoms with Gasteiger partial charge in [-0.2, -0.15) is 0 Å². The maximum atomic E-state index is 12.3. The lowest BCUT2D eigenvalue weighted by molar-refractivity contribution is -0.134. The predicted octanol–water partition coefficient (Wildman–Crippen LogP) is 2.39. The van der Waals surface area contributed by atoms with E-state index in [0.29, 0.717) is 12.0 Å². The van der Waals surface area contributed by atoms with Crippen molar-refractivity contribution in [2.24, 2.45) is 11.8 Å². The van der Waals surface area contributed by atoms with E-state index < -0.39 is 0 Å². The van der Waals surface area contributed by atoms with Gasteiger partial charge in [0.15, 0.2) is 0 Å². The van der Waals surface area contributed by atoms with Crippen LogP contribution in [0.15, 0.2) is 36.4 Å². The summed E-state index contributed by atoms with van der Waals surface area (Å²) in [5, 5.41) is 2.62. The molecule has 2 fully saturated rings. The van der Waals surface area contributed by atoms with Gasteiger partial charge in [0, 0.05) is 32.6 Å². The summed E-state index contributed by atoms with van der Waals surface area (Å²) in [4.78, 5) is 27.7. The summed E-state index contributed by atoms with van der Waals surface area (Å²) >= 11 is 0. The molecule has 1 heterocycles. The summed E-state index contributed by atoms with van der Waals surface area (Å²) in [6.07, 6.45) is 7.89. The molecule has 3 rings (SSSR count). The van der Waals surface area contributed by atoms with Crippen molar-refractivity contribution >= 4 is 17.9 Å². The number of likely N-dealkylation sites (tertiary alicyclic amines) is 1. The Morgan fingerprint density at radius 1 is 1.22 bits per heavy atom. The van der Waals surface area contributed by atoms with Crippen LogP contribution in [0, 0.1) is 11.8 Å². The van der Waals surface area contributed by atoms with Gasteiger partial charge in [-0.05, 0) is 43.7 Å². The Morgan fingerprint density at radius 2 is 1.96 bits per heavy atom. The van der Waals surface area contributed by atoms with Crippen molar-refractivity contribution in [2.45, 2.75) is 32.2 Å². The Kier molecular flexibility index (Phi) is 6.67. The molecule has 2 aliphatic rings. The standard InChI is InChI=1S/C22H31N3O2/c1-17(26)23-15-22(27)25-12-10-19-13-21(14-20(19)16-25)24(2)11-6-9-18-7-4-3-5-8-18/h3-9,19-21H,10-16H2,1-2H3,(H,23,26)/b9-6+/t19-,20-,21+/m1/s1. The monoisotopic (exact) mass is 369 g/mol. The van der Waals surface area contributed by atoms with Gasteiger partial charge in [-0.25, -0.2) is 0 Å². The van der Waals surface area contributed by atoms with Gasteiger partial charge in [0.05, 0.1) is 6.54 Å². The van der Waals surface area contributed by atoms with Crippen LogP contribution in [0.2, 0.25) is 0 Å². The third-order valence-corrected chi connectivity index (χ3v) is 6.01. The molecule has 0 aromatic heterocycles. The topological polar surface area (TPSA) is 52.7 Å². The van der Waals surface area contributed by atoms with E-state index in [0.717, 1.165) is 38.4 Å². The third kappa shape index (κ3) is 5.42. The number of hydrogen-bond acceptors (Lipinski definition) is 3. The Morgan fingerprint density at radius 3 is 2.70 bits per heavy atom. The van der Waals surface area contributed by atoms with Crippen molar-refractivity contribution in [3.05, 3.63) is 42.0 Å². The molecule has 2 amide bonds. The highest BCUT2D eigenvalue weighted by molar-refractivity contribution is 5.83. The highest BCUT2D eigenvalue weighted by Crippen LogP contribution is 2.39. The second kappa shape index (κ2) is 9.18. The van der Waals surface area contributed by atoms with Gasteiger partial charge in [-0.3, -0.25) is 14.5 Å². The number of benzene rings is 1. The first kappa shape index (κ1) is 19.6. The highest BCUT2D eigenvalue weighted by Gasteiger charge is 2.40. The zero-order valence-electron chi connectivity index (χ0n) is 16.4. The first-order chi connectivity index (χ1) is 13.0. The van der Waals surface area contributed by atoms with Crippen LogP contribution >= 0.6 is 0 Å². The van der Waals surface area contributed by atoms with E-state index in [2.05, 4.69) is 53.7 Å². The van der Waals surface area contributed by atoms with E-state index in [4.69, 9.17) is 0 Å². The van der Waals surface area contributed by atoms with Gasteiger partial charge < -0.3 is 10.2 Å². The van der Waals surface area contributed by atoms with Crippen molar-refractivity contribution in [2.75, 3.05) is 33.2 Å². The highest BCUT2D eigenvalue weighted by atomic mass is 16.2. The largest absolute Gasteiger partial charge is 0.347 e. The number of carbonyl (C=O) groups excluding carboxylic acids is 2. The molecular formula is C22H31N3O2. The molecule has 1 aliphatic carbocycles. The SMILES string of the molecule is CC(=O)NCC(=O)N1CC[C@@H]2C[C@H](N(C)C/C=C/c3ccccc3)C[C@@H]2C1. The second-order valence-electron chi connectivity index (χ2n) is 7.94. The molecule has 146 valence electrons. The van der Waals surface area contributed by atoms with Gasteiger partial charge in [0.1, 0.15) is 0 Å². The molecule has 27 heavy (non-hydrogen) atoms. The molecule has 1 aliphatic heterocycles.